The van der Waals surface area contributed by atoms with Crippen molar-refractivity contribution in [3.05, 3.63) is 53.6 Å². The number of rotatable bonds is 3. The largest absolute Gasteiger partial charge is 0.335 e. The molecule has 3 heterocycles. The van der Waals surface area contributed by atoms with Crippen LogP contribution < -0.4 is 5.32 Å². The van der Waals surface area contributed by atoms with Crippen LogP contribution in [0.1, 0.15) is 57.0 Å². The predicted octanol–water partition coefficient (Wildman–Crippen LogP) is 4.06. The second-order valence-electron chi connectivity index (χ2n) is 8.06. The number of fused-ring (bicyclic) bond motifs is 1. The van der Waals surface area contributed by atoms with E-state index in [9.17, 15) is 4.79 Å². The molecule has 27 heavy (non-hydrogen) atoms. The van der Waals surface area contributed by atoms with E-state index < -0.39 is 0 Å². The Morgan fingerprint density at radius 1 is 1.22 bits per heavy atom. The summed E-state index contributed by atoms with van der Waals surface area (Å²) in [6, 6.07) is 8.56. The highest BCUT2D eigenvalue weighted by atomic mass is 16.1. The highest BCUT2D eigenvalue weighted by Crippen LogP contribution is 2.41. The number of anilines is 1. The van der Waals surface area contributed by atoms with E-state index in [4.69, 9.17) is 0 Å². The molecule has 2 N–H and O–H groups in total. The maximum atomic E-state index is 12.2. The van der Waals surface area contributed by atoms with Gasteiger partial charge in [-0.3, -0.25) is 9.89 Å². The number of carbonyl (C=O) groups excluding carboxylic acids is 1. The third kappa shape index (κ3) is 3.05. The second kappa shape index (κ2) is 6.37. The predicted molar refractivity (Wildman–Crippen MR) is 106 cm³/mol. The van der Waals surface area contributed by atoms with Crippen molar-refractivity contribution < 1.29 is 4.79 Å². The van der Waals surface area contributed by atoms with Gasteiger partial charge in [-0.05, 0) is 23.5 Å². The van der Waals surface area contributed by atoms with Crippen LogP contribution in [-0.2, 0) is 16.8 Å². The van der Waals surface area contributed by atoms with Crippen molar-refractivity contribution in [3.8, 4) is 11.3 Å². The maximum Gasteiger partial charge on any atom is 0.226 e. The molecule has 2 aromatic heterocycles. The molecule has 4 rings (SSSR count). The molecule has 1 aromatic carbocycles. The molecule has 1 atom stereocenters. The zero-order valence-corrected chi connectivity index (χ0v) is 16.2. The first-order valence-electron chi connectivity index (χ1n) is 9.38. The maximum absolute atomic E-state index is 12.2. The highest BCUT2D eigenvalue weighted by Gasteiger charge is 2.34. The summed E-state index contributed by atoms with van der Waals surface area (Å²) in [7, 11) is 0. The average Bonchev–Trinajstić information content (AvgIpc) is 3.27. The molecule has 0 bridgehead atoms. The number of hydrogen-bond acceptors (Lipinski definition) is 3. The van der Waals surface area contributed by atoms with Crippen LogP contribution in [0.2, 0.25) is 0 Å². The van der Waals surface area contributed by atoms with Gasteiger partial charge >= 0.3 is 0 Å². The van der Waals surface area contributed by atoms with Crippen LogP contribution in [0.15, 0.2) is 36.7 Å². The standard InChI is InChI=1S/C21H25N5O/c1-5-26-11-10-22-20(26)15-12-16(27)23-19-17(15)18(24-25-19)13-6-8-14(9-7-13)21(2,3)4/h6-11,15H,5,12H2,1-4H3,(H2,23,24,25,27). The first kappa shape index (κ1) is 17.5. The number of aromatic amines is 1. The molecule has 1 aliphatic heterocycles. The molecule has 3 aromatic rings. The number of H-pyrrole nitrogens is 1. The van der Waals surface area contributed by atoms with Gasteiger partial charge in [-0.25, -0.2) is 4.98 Å². The summed E-state index contributed by atoms with van der Waals surface area (Å²) in [5.74, 6) is 1.37. The van der Waals surface area contributed by atoms with Gasteiger partial charge in [0.25, 0.3) is 0 Å². The van der Waals surface area contributed by atoms with Gasteiger partial charge in [-0.15, -0.1) is 0 Å². The molecular weight excluding hydrogens is 338 g/mol. The Morgan fingerprint density at radius 2 is 1.96 bits per heavy atom. The molecule has 0 radical (unpaired) electrons. The average molecular weight is 363 g/mol. The Kier molecular flexibility index (Phi) is 4.13. The minimum absolute atomic E-state index is 0.0284. The first-order chi connectivity index (χ1) is 12.9. The van der Waals surface area contributed by atoms with Crippen molar-refractivity contribution in [2.75, 3.05) is 5.32 Å². The summed E-state index contributed by atoms with van der Waals surface area (Å²) in [5, 5.41) is 10.4. The van der Waals surface area contributed by atoms with Gasteiger partial charge in [0.05, 0.1) is 11.6 Å². The molecular formula is C21H25N5O. The van der Waals surface area contributed by atoms with E-state index in [1.807, 2.05) is 6.20 Å². The van der Waals surface area contributed by atoms with Crippen LogP contribution in [0.4, 0.5) is 5.82 Å². The van der Waals surface area contributed by atoms with Gasteiger partial charge in [0, 0.05) is 30.9 Å². The summed E-state index contributed by atoms with van der Waals surface area (Å²) in [5.41, 5.74) is 4.41. The van der Waals surface area contributed by atoms with Gasteiger partial charge in [-0.2, -0.15) is 5.10 Å². The minimum Gasteiger partial charge on any atom is -0.335 e. The van der Waals surface area contributed by atoms with Crippen molar-refractivity contribution in [1.29, 1.82) is 0 Å². The lowest BCUT2D eigenvalue weighted by Gasteiger charge is -2.23. The van der Waals surface area contributed by atoms with E-state index in [-0.39, 0.29) is 17.2 Å². The molecule has 6 nitrogen and oxygen atoms in total. The topological polar surface area (TPSA) is 75.6 Å². The van der Waals surface area contributed by atoms with Crippen LogP contribution in [0.5, 0.6) is 0 Å². The Balaban J connectivity index is 1.81. The third-order valence-electron chi connectivity index (χ3n) is 5.24. The van der Waals surface area contributed by atoms with Crippen LogP contribution in [0.3, 0.4) is 0 Å². The van der Waals surface area contributed by atoms with E-state index in [2.05, 4.69) is 77.0 Å². The highest BCUT2D eigenvalue weighted by molar-refractivity contribution is 5.95. The van der Waals surface area contributed by atoms with Crippen LogP contribution in [0, 0.1) is 0 Å². The van der Waals surface area contributed by atoms with E-state index in [0.717, 1.165) is 29.2 Å². The molecule has 6 heteroatoms. The number of benzene rings is 1. The summed E-state index contributed by atoms with van der Waals surface area (Å²) in [6.07, 6.45) is 4.12. The first-order valence-corrected chi connectivity index (χ1v) is 9.38. The van der Waals surface area contributed by atoms with Gasteiger partial charge in [0.1, 0.15) is 5.82 Å². The number of carbonyl (C=O) groups is 1. The molecule has 0 fully saturated rings. The van der Waals surface area contributed by atoms with Crippen molar-refractivity contribution in [1.82, 2.24) is 19.7 Å². The molecule has 140 valence electrons. The van der Waals surface area contributed by atoms with Crippen molar-refractivity contribution >= 4 is 11.7 Å². The normalized spacial score (nSPS) is 16.9. The fraction of sp³-hybridized carbons (Fsp3) is 0.381. The summed E-state index contributed by atoms with van der Waals surface area (Å²) in [4.78, 5) is 16.8. The monoisotopic (exact) mass is 363 g/mol. The van der Waals surface area contributed by atoms with Crippen molar-refractivity contribution in [2.45, 2.75) is 52.0 Å². The Labute approximate surface area is 159 Å². The lowest BCUT2D eigenvalue weighted by Crippen LogP contribution is -2.25. The lowest BCUT2D eigenvalue weighted by molar-refractivity contribution is -0.116. The van der Waals surface area contributed by atoms with Gasteiger partial charge in [0.2, 0.25) is 5.91 Å². The number of imidazole rings is 1. The minimum atomic E-state index is -0.111. The fourth-order valence-corrected chi connectivity index (χ4v) is 3.73. The SMILES string of the molecule is CCn1ccnc1C1CC(=O)Nc2n[nH]c(-c3ccc(C(C)(C)C)cc3)c21. The van der Waals surface area contributed by atoms with Gasteiger partial charge in [0.15, 0.2) is 5.82 Å². The summed E-state index contributed by atoms with van der Waals surface area (Å²) >= 11 is 0. The quantitative estimate of drug-likeness (QED) is 0.737. The van der Waals surface area contributed by atoms with E-state index in [1.54, 1.807) is 6.20 Å². The van der Waals surface area contributed by atoms with E-state index in [0.29, 0.717) is 12.2 Å². The molecule has 1 aliphatic rings. The van der Waals surface area contributed by atoms with E-state index >= 15 is 0 Å². The number of nitrogens with one attached hydrogen (secondary N) is 2. The zero-order valence-electron chi connectivity index (χ0n) is 16.2. The van der Waals surface area contributed by atoms with Crippen LogP contribution >= 0.6 is 0 Å². The van der Waals surface area contributed by atoms with Crippen molar-refractivity contribution in [3.63, 3.8) is 0 Å². The molecule has 0 saturated heterocycles. The molecule has 1 unspecified atom stereocenters. The Bertz CT molecular complexity index is 975. The van der Waals surface area contributed by atoms with Gasteiger partial charge < -0.3 is 9.88 Å². The van der Waals surface area contributed by atoms with Gasteiger partial charge in [-0.1, -0.05) is 45.0 Å². The number of aromatic nitrogens is 4. The molecule has 0 saturated carbocycles. The molecule has 0 spiro atoms. The molecule has 1 amide bonds. The smallest absolute Gasteiger partial charge is 0.226 e. The fourth-order valence-electron chi connectivity index (χ4n) is 3.73. The van der Waals surface area contributed by atoms with Crippen LogP contribution in [0.25, 0.3) is 11.3 Å². The van der Waals surface area contributed by atoms with Crippen LogP contribution in [-0.4, -0.2) is 25.7 Å². The van der Waals surface area contributed by atoms with E-state index in [1.165, 1.54) is 5.56 Å². The summed E-state index contributed by atoms with van der Waals surface area (Å²) < 4.78 is 2.09. The third-order valence-corrected chi connectivity index (χ3v) is 5.24. The molecule has 0 aliphatic carbocycles. The number of hydrogen-bond donors (Lipinski definition) is 2. The number of aryl methyl sites for hydroxylation is 1. The second-order valence-corrected chi connectivity index (χ2v) is 8.06. The Hall–Kier alpha value is -2.89. The number of nitrogens with zero attached hydrogens (tertiary/aromatic N) is 3. The zero-order chi connectivity index (χ0) is 19.2. The van der Waals surface area contributed by atoms with Crippen molar-refractivity contribution in [2.24, 2.45) is 0 Å². The summed E-state index contributed by atoms with van der Waals surface area (Å²) in [6.45, 7) is 9.51. The Morgan fingerprint density at radius 3 is 2.63 bits per heavy atom. The lowest BCUT2D eigenvalue weighted by atomic mass is 9.85. The number of amides is 1.